The number of hydrogen-bond donors (Lipinski definition) is 3. The van der Waals surface area contributed by atoms with Crippen LogP contribution in [0.15, 0.2) is 114 Å². The Hall–Kier alpha value is -5.54. The van der Waals surface area contributed by atoms with Gasteiger partial charge in [-0.25, -0.2) is 9.82 Å². The van der Waals surface area contributed by atoms with Crippen LogP contribution in [0.5, 0.6) is 5.75 Å². The number of ether oxygens (including phenoxy) is 1. The smallest absolute Gasteiger partial charge is 0.329 e. The van der Waals surface area contributed by atoms with Gasteiger partial charge in [0.15, 0.2) is 0 Å². The first-order valence-corrected chi connectivity index (χ1v) is 13.4. The van der Waals surface area contributed by atoms with E-state index in [4.69, 9.17) is 16.3 Å². The van der Waals surface area contributed by atoms with E-state index in [1.54, 1.807) is 54.6 Å². The number of hydrogen-bond acceptors (Lipinski definition) is 5. The van der Waals surface area contributed by atoms with Crippen molar-refractivity contribution in [1.82, 2.24) is 5.43 Å². The maximum atomic E-state index is 13.3. The van der Waals surface area contributed by atoms with E-state index in [0.29, 0.717) is 22.0 Å². The van der Waals surface area contributed by atoms with Crippen LogP contribution in [0, 0.1) is 5.82 Å². The molecule has 3 N–H and O–H groups in total. The van der Waals surface area contributed by atoms with Crippen LogP contribution < -0.4 is 20.8 Å². The summed E-state index contributed by atoms with van der Waals surface area (Å²) >= 11 is 5.90. The minimum absolute atomic E-state index is 0.142. The molecule has 10 heteroatoms. The molecule has 214 valence electrons. The standard InChI is InChI=1S/C33H24ClFN4O4/c34-23-12-16-25(17-13-23)37-31(40)27-7-3-4-8-29(27)38-32(41)33(42)39-36-19-28-26-6-2-1-5-22(26)11-18-30(28)43-20-21-9-14-24(35)15-10-21/h1-19H,20H2,(H,37,40)(H,38,41)(H,39,42)/b36-19-. The van der Waals surface area contributed by atoms with E-state index in [1.165, 1.54) is 30.5 Å². The van der Waals surface area contributed by atoms with Crippen molar-refractivity contribution in [3.05, 3.63) is 137 Å². The first-order valence-electron chi connectivity index (χ1n) is 13.1. The second-order valence-corrected chi connectivity index (χ2v) is 9.71. The summed E-state index contributed by atoms with van der Waals surface area (Å²) < 4.78 is 19.3. The molecule has 8 nitrogen and oxygen atoms in total. The van der Waals surface area contributed by atoms with Crippen LogP contribution in [-0.2, 0) is 16.2 Å². The lowest BCUT2D eigenvalue weighted by molar-refractivity contribution is -0.136. The predicted molar refractivity (Wildman–Crippen MR) is 165 cm³/mol. The van der Waals surface area contributed by atoms with E-state index in [-0.39, 0.29) is 23.7 Å². The zero-order valence-electron chi connectivity index (χ0n) is 22.5. The maximum absolute atomic E-state index is 13.3. The SMILES string of the molecule is O=C(N/N=C\c1c(OCc2ccc(F)cc2)ccc2ccccc12)C(=O)Nc1ccccc1C(=O)Nc1ccc(Cl)cc1. The summed E-state index contributed by atoms with van der Waals surface area (Å²) in [7, 11) is 0. The largest absolute Gasteiger partial charge is 0.488 e. The minimum atomic E-state index is -1.04. The van der Waals surface area contributed by atoms with Gasteiger partial charge in [-0.1, -0.05) is 66.2 Å². The van der Waals surface area contributed by atoms with Crippen LogP contribution in [0.25, 0.3) is 10.8 Å². The molecule has 0 saturated carbocycles. The number of anilines is 2. The highest BCUT2D eigenvalue weighted by atomic mass is 35.5. The molecule has 0 unspecified atom stereocenters. The highest BCUT2D eigenvalue weighted by Gasteiger charge is 2.18. The summed E-state index contributed by atoms with van der Waals surface area (Å²) in [6, 6.07) is 30.0. The van der Waals surface area contributed by atoms with Crippen LogP contribution in [0.4, 0.5) is 15.8 Å². The molecule has 0 saturated heterocycles. The van der Waals surface area contributed by atoms with Gasteiger partial charge in [0.25, 0.3) is 5.91 Å². The molecular weight excluding hydrogens is 571 g/mol. The Morgan fingerprint density at radius 1 is 0.791 bits per heavy atom. The number of para-hydroxylation sites is 1. The average molecular weight is 595 g/mol. The molecule has 0 fully saturated rings. The summed E-state index contributed by atoms with van der Waals surface area (Å²) in [6.07, 6.45) is 1.39. The number of carbonyl (C=O) groups is 3. The van der Waals surface area contributed by atoms with E-state index < -0.39 is 17.7 Å². The number of benzene rings is 5. The molecule has 5 rings (SSSR count). The molecule has 0 spiro atoms. The van der Waals surface area contributed by atoms with Crippen LogP contribution in [0.3, 0.4) is 0 Å². The van der Waals surface area contributed by atoms with Gasteiger partial charge in [-0.05, 0) is 70.9 Å². The third-order valence-corrected chi connectivity index (χ3v) is 6.58. The molecule has 0 radical (unpaired) electrons. The number of nitrogens with one attached hydrogen (secondary N) is 3. The van der Waals surface area contributed by atoms with Crippen LogP contribution >= 0.6 is 11.6 Å². The lowest BCUT2D eigenvalue weighted by Gasteiger charge is -2.12. The first kappa shape index (κ1) is 29.0. The second kappa shape index (κ2) is 13.4. The van der Waals surface area contributed by atoms with Gasteiger partial charge in [-0.2, -0.15) is 5.10 Å². The van der Waals surface area contributed by atoms with Crippen molar-refractivity contribution in [1.29, 1.82) is 0 Å². The zero-order chi connectivity index (χ0) is 30.2. The number of halogens is 2. The van der Waals surface area contributed by atoms with Crippen molar-refractivity contribution in [3.8, 4) is 5.75 Å². The van der Waals surface area contributed by atoms with Crippen molar-refractivity contribution < 1.29 is 23.5 Å². The number of nitrogens with zero attached hydrogens (tertiary/aromatic N) is 1. The Kier molecular flexibility index (Phi) is 9.04. The Balaban J connectivity index is 1.27. The molecule has 3 amide bonds. The van der Waals surface area contributed by atoms with Gasteiger partial charge in [0.2, 0.25) is 0 Å². The van der Waals surface area contributed by atoms with Crippen molar-refractivity contribution in [2.75, 3.05) is 10.6 Å². The van der Waals surface area contributed by atoms with Crippen LogP contribution in [0.2, 0.25) is 5.02 Å². The summed E-state index contributed by atoms with van der Waals surface area (Å²) in [5.74, 6) is -2.41. The van der Waals surface area contributed by atoms with Gasteiger partial charge in [0, 0.05) is 16.3 Å². The topological polar surface area (TPSA) is 109 Å². The third kappa shape index (κ3) is 7.41. The number of hydrazone groups is 1. The van der Waals surface area contributed by atoms with Crippen molar-refractivity contribution in [3.63, 3.8) is 0 Å². The molecule has 0 atom stereocenters. The average Bonchev–Trinajstić information content (AvgIpc) is 3.02. The maximum Gasteiger partial charge on any atom is 0.329 e. The lowest BCUT2D eigenvalue weighted by Crippen LogP contribution is -2.33. The Morgan fingerprint density at radius 3 is 2.30 bits per heavy atom. The minimum Gasteiger partial charge on any atom is -0.488 e. The Labute approximate surface area is 251 Å². The van der Waals surface area contributed by atoms with Gasteiger partial charge in [0.1, 0.15) is 18.2 Å². The van der Waals surface area contributed by atoms with Gasteiger partial charge in [-0.15, -0.1) is 0 Å². The number of rotatable bonds is 8. The van der Waals surface area contributed by atoms with Crippen LogP contribution in [0.1, 0.15) is 21.5 Å². The normalized spacial score (nSPS) is 10.8. The Bertz CT molecular complexity index is 1830. The molecule has 5 aromatic carbocycles. The van der Waals surface area contributed by atoms with E-state index >= 15 is 0 Å². The molecule has 0 bridgehead atoms. The summed E-state index contributed by atoms with van der Waals surface area (Å²) in [5, 5.41) is 11.4. The van der Waals surface area contributed by atoms with E-state index in [1.807, 2.05) is 30.3 Å². The van der Waals surface area contributed by atoms with E-state index in [9.17, 15) is 18.8 Å². The monoisotopic (exact) mass is 594 g/mol. The van der Waals surface area contributed by atoms with Gasteiger partial charge >= 0.3 is 11.8 Å². The summed E-state index contributed by atoms with van der Waals surface area (Å²) in [4.78, 5) is 38.2. The molecule has 0 aromatic heterocycles. The quantitative estimate of drug-likeness (QED) is 0.107. The second-order valence-electron chi connectivity index (χ2n) is 9.27. The highest BCUT2D eigenvalue weighted by Crippen LogP contribution is 2.27. The summed E-state index contributed by atoms with van der Waals surface area (Å²) in [5.41, 5.74) is 4.37. The number of amides is 3. The molecular formula is C33H24ClFN4O4. The molecule has 0 heterocycles. The summed E-state index contributed by atoms with van der Waals surface area (Å²) in [6.45, 7) is 0.180. The fourth-order valence-corrected chi connectivity index (χ4v) is 4.31. The lowest BCUT2D eigenvalue weighted by atomic mass is 10.0. The molecule has 43 heavy (non-hydrogen) atoms. The molecule has 0 aliphatic heterocycles. The highest BCUT2D eigenvalue weighted by molar-refractivity contribution is 6.40. The van der Waals surface area contributed by atoms with Crippen LogP contribution in [-0.4, -0.2) is 23.9 Å². The fraction of sp³-hybridized carbons (Fsp3) is 0.0303. The van der Waals surface area contributed by atoms with E-state index in [0.717, 1.165) is 16.3 Å². The third-order valence-electron chi connectivity index (χ3n) is 6.33. The van der Waals surface area contributed by atoms with Gasteiger partial charge in [-0.3, -0.25) is 14.4 Å². The van der Waals surface area contributed by atoms with Crippen molar-refractivity contribution >= 4 is 57.7 Å². The molecule has 0 aliphatic carbocycles. The van der Waals surface area contributed by atoms with Crippen molar-refractivity contribution in [2.24, 2.45) is 5.10 Å². The predicted octanol–water partition coefficient (Wildman–Crippen LogP) is 6.55. The molecule has 5 aromatic rings. The molecule has 0 aliphatic rings. The van der Waals surface area contributed by atoms with Gasteiger partial charge < -0.3 is 15.4 Å². The fourth-order valence-electron chi connectivity index (χ4n) is 4.18. The van der Waals surface area contributed by atoms with Crippen molar-refractivity contribution in [2.45, 2.75) is 6.61 Å². The zero-order valence-corrected chi connectivity index (χ0v) is 23.3. The first-order chi connectivity index (χ1) is 20.9. The van der Waals surface area contributed by atoms with Gasteiger partial charge in [0.05, 0.1) is 17.5 Å². The van der Waals surface area contributed by atoms with E-state index in [2.05, 4.69) is 21.2 Å². The number of fused-ring (bicyclic) bond motifs is 1. The Morgan fingerprint density at radius 2 is 1.51 bits per heavy atom. The number of carbonyl (C=O) groups excluding carboxylic acids is 3.